The van der Waals surface area contributed by atoms with Crippen molar-refractivity contribution >= 4 is 86.7 Å². The summed E-state index contributed by atoms with van der Waals surface area (Å²) < 4.78 is 4.82. The first-order chi connectivity index (χ1) is 29.8. The second kappa shape index (κ2) is 12.8. The van der Waals surface area contributed by atoms with Gasteiger partial charge >= 0.3 is 0 Å². The van der Waals surface area contributed by atoms with Crippen LogP contribution in [0.5, 0.6) is 0 Å². The van der Waals surface area contributed by atoms with E-state index in [0.717, 1.165) is 5.69 Å². The smallest absolute Gasteiger partial charge is 0.0541 e. The van der Waals surface area contributed by atoms with Gasteiger partial charge in [-0.15, -0.1) is 0 Å². The maximum Gasteiger partial charge on any atom is 0.0541 e. The van der Waals surface area contributed by atoms with E-state index in [1.165, 1.54) is 115 Å². The van der Waals surface area contributed by atoms with Crippen LogP contribution in [0.2, 0.25) is 0 Å². The molecule has 0 saturated heterocycles. The number of para-hydroxylation sites is 3. The van der Waals surface area contributed by atoms with Crippen molar-refractivity contribution in [2.24, 2.45) is 0 Å². The molecule has 13 rings (SSSR count). The molecule has 0 aliphatic rings. The van der Waals surface area contributed by atoms with E-state index in [9.17, 15) is 0 Å². The predicted molar refractivity (Wildman–Crippen MR) is 256 cm³/mol. The first-order valence-corrected chi connectivity index (χ1v) is 20.8. The van der Waals surface area contributed by atoms with Crippen LogP contribution in [0.1, 0.15) is 0 Å². The number of rotatable bonds is 4. The molecule has 2 aromatic heterocycles. The molecule has 0 spiro atoms. The second-order valence-electron chi connectivity index (χ2n) is 16.0. The normalized spacial score (nSPS) is 12.0. The van der Waals surface area contributed by atoms with E-state index in [-0.39, 0.29) is 0 Å². The zero-order valence-electron chi connectivity index (χ0n) is 32.7. The summed E-state index contributed by atoms with van der Waals surface area (Å²) in [6.45, 7) is 0. The van der Waals surface area contributed by atoms with Crippen molar-refractivity contribution in [3.63, 3.8) is 0 Å². The van der Waals surface area contributed by atoms with Crippen LogP contribution in [0.25, 0.3) is 120 Å². The summed E-state index contributed by atoms with van der Waals surface area (Å²) in [5, 5.41) is 15.3. The largest absolute Gasteiger partial charge is 0.309 e. The first kappa shape index (κ1) is 33.1. The van der Waals surface area contributed by atoms with E-state index in [1.807, 2.05) is 0 Å². The van der Waals surface area contributed by atoms with Crippen molar-refractivity contribution < 1.29 is 0 Å². The molecule has 0 bridgehead atoms. The average Bonchev–Trinajstić information content (AvgIpc) is 3.84. The average molecular weight is 761 g/mol. The highest BCUT2D eigenvalue weighted by Crippen LogP contribution is 2.44. The van der Waals surface area contributed by atoms with Crippen LogP contribution in [0.3, 0.4) is 0 Å². The summed E-state index contributed by atoms with van der Waals surface area (Å²) in [5.41, 5.74) is 12.0. The molecule has 13 aromatic rings. The Morgan fingerprint density at radius 2 is 0.650 bits per heavy atom. The molecule has 0 radical (unpaired) electrons. The van der Waals surface area contributed by atoms with E-state index in [0.29, 0.717) is 0 Å². The molecule has 0 unspecified atom stereocenters. The standard InChI is InChI=1S/C58H36N2/c1-2-16-40(17-3-1)59-54-27-12-10-23-46(54)51-34-37(29-31-56(51)59)38-30-32-57-52(35-38)47-24-11-13-28-55(47)60(57)41-18-14-15-39(33-41)50-36-53-44-21-5-4-19-42(44)43-20-6-8-25-48(43)58(53)49-26-9-7-22-45(49)50/h1-36H. The van der Waals surface area contributed by atoms with Crippen molar-refractivity contribution in [1.29, 1.82) is 0 Å². The minimum absolute atomic E-state index is 1.15. The third-order valence-electron chi connectivity index (χ3n) is 12.9. The number of fused-ring (bicyclic) bond motifs is 14. The molecule has 2 nitrogen and oxygen atoms in total. The number of aromatic nitrogens is 2. The van der Waals surface area contributed by atoms with Crippen molar-refractivity contribution in [2.75, 3.05) is 0 Å². The predicted octanol–water partition coefficient (Wildman–Crippen LogP) is 15.8. The topological polar surface area (TPSA) is 9.86 Å². The number of benzene rings is 11. The molecule has 0 fully saturated rings. The molecule has 0 aliphatic carbocycles. The fraction of sp³-hybridized carbons (Fsp3) is 0. The molecule has 0 aliphatic heterocycles. The Bertz CT molecular complexity index is 3880. The lowest BCUT2D eigenvalue weighted by molar-refractivity contribution is 1.18. The van der Waals surface area contributed by atoms with Crippen LogP contribution in [0, 0.1) is 0 Å². The summed E-state index contributed by atoms with van der Waals surface area (Å²) in [6, 6.07) is 80.5. The highest BCUT2D eigenvalue weighted by Gasteiger charge is 2.18. The lowest BCUT2D eigenvalue weighted by atomic mass is 9.87. The van der Waals surface area contributed by atoms with Crippen LogP contribution in [0.4, 0.5) is 0 Å². The summed E-state index contributed by atoms with van der Waals surface area (Å²) in [5.74, 6) is 0. The zero-order chi connectivity index (χ0) is 39.3. The van der Waals surface area contributed by atoms with Crippen molar-refractivity contribution in [3.8, 4) is 33.6 Å². The third kappa shape index (κ3) is 4.76. The maximum absolute atomic E-state index is 2.45. The number of hydrogen-bond acceptors (Lipinski definition) is 0. The van der Waals surface area contributed by atoms with Crippen LogP contribution >= 0.6 is 0 Å². The SMILES string of the molecule is c1ccc(-n2c3ccccc3c3cc(-c4ccc5c(c4)c4ccccc4n5-c4cccc(-c5cc6c7ccccc7c7ccccc7c6c6ccccc56)c4)ccc32)cc1. The monoisotopic (exact) mass is 760 g/mol. The van der Waals surface area contributed by atoms with Gasteiger partial charge in [-0.2, -0.15) is 0 Å². The van der Waals surface area contributed by atoms with E-state index in [4.69, 9.17) is 0 Å². The Morgan fingerprint density at radius 3 is 1.27 bits per heavy atom. The fourth-order valence-corrected chi connectivity index (χ4v) is 10.3. The van der Waals surface area contributed by atoms with Crippen LogP contribution in [0.15, 0.2) is 218 Å². The van der Waals surface area contributed by atoms with Gasteiger partial charge in [0.25, 0.3) is 0 Å². The van der Waals surface area contributed by atoms with Crippen LogP contribution < -0.4 is 0 Å². The molecule has 11 aromatic carbocycles. The molecule has 0 amide bonds. The summed E-state index contributed by atoms with van der Waals surface area (Å²) in [4.78, 5) is 0. The Balaban J connectivity index is 0.992. The van der Waals surface area contributed by atoms with Crippen molar-refractivity contribution in [1.82, 2.24) is 9.13 Å². The first-order valence-electron chi connectivity index (χ1n) is 20.8. The molecule has 2 heterocycles. The number of hydrogen-bond donors (Lipinski definition) is 0. The third-order valence-corrected chi connectivity index (χ3v) is 12.9. The van der Waals surface area contributed by atoms with Gasteiger partial charge in [-0.3, -0.25) is 0 Å². The lowest BCUT2D eigenvalue weighted by Crippen LogP contribution is -1.95. The van der Waals surface area contributed by atoms with E-state index in [2.05, 4.69) is 228 Å². The number of nitrogens with zero attached hydrogens (tertiary/aromatic N) is 2. The Kier molecular flexibility index (Phi) is 7.05. The minimum Gasteiger partial charge on any atom is -0.309 e. The molecule has 0 atom stereocenters. The molecule has 0 N–H and O–H groups in total. The van der Waals surface area contributed by atoms with Gasteiger partial charge in [-0.05, 0) is 132 Å². The molecule has 278 valence electrons. The summed E-state index contributed by atoms with van der Waals surface area (Å²) in [6.07, 6.45) is 0. The summed E-state index contributed by atoms with van der Waals surface area (Å²) in [7, 11) is 0. The van der Waals surface area contributed by atoms with Crippen LogP contribution in [-0.2, 0) is 0 Å². The van der Waals surface area contributed by atoms with Crippen LogP contribution in [-0.4, -0.2) is 9.13 Å². The Hall–Kier alpha value is -7.94. The Labute approximate surface area is 346 Å². The quantitative estimate of drug-likeness (QED) is 0.158. The molecule has 0 saturated carbocycles. The molecular formula is C58H36N2. The van der Waals surface area contributed by atoms with E-state index < -0.39 is 0 Å². The molecular weight excluding hydrogens is 725 g/mol. The van der Waals surface area contributed by atoms with Gasteiger partial charge in [0, 0.05) is 32.9 Å². The van der Waals surface area contributed by atoms with Gasteiger partial charge in [0.2, 0.25) is 0 Å². The lowest BCUT2D eigenvalue weighted by Gasteiger charge is -2.17. The fourth-order valence-electron chi connectivity index (χ4n) is 10.3. The Morgan fingerprint density at radius 1 is 0.217 bits per heavy atom. The summed E-state index contributed by atoms with van der Waals surface area (Å²) >= 11 is 0. The van der Waals surface area contributed by atoms with E-state index in [1.54, 1.807) is 0 Å². The zero-order valence-corrected chi connectivity index (χ0v) is 32.7. The van der Waals surface area contributed by atoms with Gasteiger partial charge in [-0.25, -0.2) is 0 Å². The van der Waals surface area contributed by atoms with Gasteiger partial charge in [0.1, 0.15) is 0 Å². The maximum atomic E-state index is 2.45. The molecule has 2 heteroatoms. The van der Waals surface area contributed by atoms with Gasteiger partial charge < -0.3 is 9.13 Å². The van der Waals surface area contributed by atoms with Gasteiger partial charge in [0.05, 0.1) is 22.1 Å². The second-order valence-corrected chi connectivity index (χ2v) is 16.0. The van der Waals surface area contributed by atoms with Gasteiger partial charge in [0.15, 0.2) is 0 Å². The minimum atomic E-state index is 1.15. The van der Waals surface area contributed by atoms with E-state index >= 15 is 0 Å². The highest BCUT2D eigenvalue weighted by atomic mass is 15.0. The van der Waals surface area contributed by atoms with Gasteiger partial charge in [-0.1, -0.05) is 152 Å². The molecule has 60 heavy (non-hydrogen) atoms. The van der Waals surface area contributed by atoms with Crippen molar-refractivity contribution in [3.05, 3.63) is 218 Å². The van der Waals surface area contributed by atoms with Crippen molar-refractivity contribution in [2.45, 2.75) is 0 Å². The highest BCUT2D eigenvalue weighted by molar-refractivity contribution is 6.33.